The average Bonchev–Trinajstić information content (AvgIpc) is 2.76. The first-order chi connectivity index (χ1) is 15.0. The van der Waals surface area contributed by atoms with Crippen molar-refractivity contribution in [3.63, 3.8) is 0 Å². The number of nitrogens with zero attached hydrogens (tertiary/aromatic N) is 2. The normalized spacial score (nSPS) is 14.9. The molecule has 0 saturated carbocycles. The van der Waals surface area contributed by atoms with Crippen LogP contribution in [0, 0.1) is 11.6 Å². The van der Waals surface area contributed by atoms with Crippen LogP contribution in [-0.4, -0.2) is 61.0 Å². The number of benzene rings is 2. The maximum atomic E-state index is 13.4. The monoisotopic (exact) mass is 428 g/mol. The molecule has 3 rings (SSSR count). The van der Waals surface area contributed by atoms with Gasteiger partial charge < -0.3 is 5.32 Å². The minimum Gasteiger partial charge on any atom is -0.334 e. The van der Waals surface area contributed by atoms with E-state index in [4.69, 9.17) is 0 Å². The highest BCUT2D eigenvalue weighted by Crippen LogP contribution is 2.30. The quantitative estimate of drug-likeness (QED) is 0.666. The van der Waals surface area contributed by atoms with Crippen LogP contribution in [0.1, 0.15) is 17.2 Å². The Kier molecular flexibility index (Phi) is 7.86. The van der Waals surface area contributed by atoms with E-state index in [1.165, 1.54) is 30.3 Å². The van der Waals surface area contributed by atoms with Crippen LogP contribution in [0.4, 0.5) is 13.6 Å². The molecule has 0 atom stereocenters. The molecule has 0 spiro atoms. The van der Waals surface area contributed by atoms with Crippen molar-refractivity contribution in [1.29, 1.82) is 0 Å². The van der Waals surface area contributed by atoms with Gasteiger partial charge in [0.15, 0.2) is 0 Å². The highest BCUT2D eigenvalue weighted by molar-refractivity contribution is 5.95. The van der Waals surface area contributed by atoms with E-state index < -0.39 is 6.03 Å². The number of imide groups is 1. The van der Waals surface area contributed by atoms with Crippen LogP contribution in [0.15, 0.2) is 61.2 Å². The third kappa shape index (κ3) is 6.44. The SMILES string of the molecule is C=CCNC(=O)NC(=O)CN1CCN(C(c2ccc(F)cc2)c2ccc(F)cc2)CC1. The fourth-order valence-corrected chi connectivity index (χ4v) is 3.66. The second kappa shape index (κ2) is 10.8. The molecule has 6 nitrogen and oxygen atoms in total. The lowest BCUT2D eigenvalue weighted by atomic mass is 9.96. The topological polar surface area (TPSA) is 64.7 Å². The molecule has 31 heavy (non-hydrogen) atoms. The van der Waals surface area contributed by atoms with Gasteiger partial charge in [-0.25, -0.2) is 13.6 Å². The molecule has 2 N–H and O–H groups in total. The Labute approximate surface area is 180 Å². The summed E-state index contributed by atoms with van der Waals surface area (Å²) in [6.45, 7) is 6.48. The molecule has 2 aromatic rings. The summed E-state index contributed by atoms with van der Waals surface area (Å²) in [4.78, 5) is 27.9. The van der Waals surface area contributed by atoms with Crippen molar-refractivity contribution in [3.05, 3.63) is 83.9 Å². The highest BCUT2D eigenvalue weighted by atomic mass is 19.1. The van der Waals surface area contributed by atoms with E-state index in [1.54, 1.807) is 24.3 Å². The van der Waals surface area contributed by atoms with E-state index in [0.29, 0.717) is 26.2 Å². The number of carbonyl (C=O) groups is 2. The lowest BCUT2D eigenvalue weighted by Crippen LogP contribution is -2.51. The third-order valence-corrected chi connectivity index (χ3v) is 5.17. The van der Waals surface area contributed by atoms with Crippen LogP contribution >= 0.6 is 0 Å². The van der Waals surface area contributed by atoms with Crippen LogP contribution < -0.4 is 10.6 Å². The molecule has 1 aliphatic heterocycles. The van der Waals surface area contributed by atoms with Gasteiger partial charge in [-0.15, -0.1) is 6.58 Å². The first kappa shape index (κ1) is 22.6. The van der Waals surface area contributed by atoms with Crippen molar-refractivity contribution < 1.29 is 18.4 Å². The van der Waals surface area contributed by atoms with Crippen LogP contribution in [0.5, 0.6) is 0 Å². The van der Waals surface area contributed by atoms with Gasteiger partial charge in [0.2, 0.25) is 5.91 Å². The smallest absolute Gasteiger partial charge is 0.321 e. The summed E-state index contributed by atoms with van der Waals surface area (Å²) < 4.78 is 26.9. The van der Waals surface area contributed by atoms with Crippen molar-refractivity contribution in [2.75, 3.05) is 39.3 Å². The molecule has 1 fully saturated rings. The Bertz CT molecular complexity index is 849. The first-order valence-corrected chi connectivity index (χ1v) is 10.1. The summed E-state index contributed by atoms with van der Waals surface area (Å²) >= 11 is 0. The number of halogens is 2. The number of piperazine rings is 1. The predicted octanol–water partition coefficient (Wildman–Crippen LogP) is 2.68. The third-order valence-electron chi connectivity index (χ3n) is 5.17. The highest BCUT2D eigenvalue weighted by Gasteiger charge is 2.27. The zero-order chi connectivity index (χ0) is 22.2. The van der Waals surface area contributed by atoms with Gasteiger partial charge in [0.05, 0.1) is 12.6 Å². The molecule has 1 heterocycles. The zero-order valence-corrected chi connectivity index (χ0v) is 17.2. The summed E-state index contributed by atoms with van der Waals surface area (Å²) in [6, 6.07) is 12.0. The second-order valence-electron chi connectivity index (χ2n) is 7.36. The van der Waals surface area contributed by atoms with Crippen LogP contribution in [0.25, 0.3) is 0 Å². The van der Waals surface area contributed by atoms with Gasteiger partial charge in [-0.3, -0.25) is 19.9 Å². The minimum atomic E-state index is -0.545. The fraction of sp³-hybridized carbons (Fsp3) is 0.304. The molecule has 0 unspecified atom stereocenters. The van der Waals surface area contributed by atoms with Crippen molar-refractivity contribution >= 4 is 11.9 Å². The lowest BCUT2D eigenvalue weighted by molar-refractivity contribution is -0.121. The molecule has 8 heteroatoms. The summed E-state index contributed by atoms with van der Waals surface area (Å²) in [5.74, 6) is -0.993. The Morgan fingerprint density at radius 1 is 0.935 bits per heavy atom. The van der Waals surface area contributed by atoms with E-state index in [2.05, 4.69) is 22.1 Å². The number of carbonyl (C=O) groups excluding carboxylic acids is 2. The number of urea groups is 1. The van der Waals surface area contributed by atoms with Crippen molar-refractivity contribution in [2.45, 2.75) is 6.04 Å². The summed E-state index contributed by atoms with van der Waals surface area (Å²) in [7, 11) is 0. The van der Waals surface area contributed by atoms with E-state index in [0.717, 1.165) is 11.1 Å². The zero-order valence-electron chi connectivity index (χ0n) is 17.2. The van der Waals surface area contributed by atoms with Gasteiger partial charge in [0, 0.05) is 32.7 Å². The number of amides is 3. The molecule has 0 bridgehead atoms. The summed E-state index contributed by atoms with van der Waals surface area (Å²) in [5, 5.41) is 4.79. The molecule has 2 aromatic carbocycles. The van der Waals surface area contributed by atoms with E-state index >= 15 is 0 Å². The number of rotatable bonds is 7. The molecule has 1 saturated heterocycles. The Balaban J connectivity index is 1.63. The van der Waals surface area contributed by atoms with E-state index in [-0.39, 0.29) is 36.7 Å². The van der Waals surface area contributed by atoms with E-state index in [9.17, 15) is 18.4 Å². The van der Waals surface area contributed by atoms with Gasteiger partial charge >= 0.3 is 6.03 Å². The van der Waals surface area contributed by atoms with Crippen molar-refractivity contribution in [3.8, 4) is 0 Å². The predicted molar refractivity (Wildman–Crippen MR) is 114 cm³/mol. The van der Waals surface area contributed by atoms with Crippen molar-refractivity contribution in [1.82, 2.24) is 20.4 Å². The maximum Gasteiger partial charge on any atom is 0.321 e. The van der Waals surface area contributed by atoms with Crippen LogP contribution in [-0.2, 0) is 4.79 Å². The first-order valence-electron chi connectivity index (χ1n) is 10.1. The standard InChI is InChI=1S/C23H26F2N4O2/c1-2-11-26-23(31)27-21(30)16-28-12-14-29(15-13-28)22(17-3-7-19(24)8-4-17)18-5-9-20(25)10-6-18/h2-10,22H,1,11-16H2,(H2,26,27,30,31). The molecule has 1 aliphatic rings. The Morgan fingerprint density at radius 3 is 1.94 bits per heavy atom. The fourth-order valence-electron chi connectivity index (χ4n) is 3.66. The molecule has 3 amide bonds. The van der Waals surface area contributed by atoms with Gasteiger partial charge in [-0.05, 0) is 35.4 Å². The Morgan fingerprint density at radius 2 is 1.45 bits per heavy atom. The number of hydrogen-bond donors (Lipinski definition) is 2. The van der Waals surface area contributed by atoms with Gasteiger partial charge in [-0.2, -0.15) is 0 Å². The van der Waals surface area contributed by atoms with Gasteiger partial charge in [-0.1, -0.05) is 30.3 Å². The van der Waals surface area contributed by atoms with Gasteiger partial charge in [0.1, 0.15) is 11.6 Å². The second-order valence-corrected chi connectivity index (χ2v) is 7.36. The average molecular weight is 428 g/mol. The van der Waals surface area contributed by atoms with E-state index in [1.807, 2.05) is 4.90 Å². The molecular weight excluding hydrogens is 402 g/mol. The van der Waals surface area contributed by atoms with Crippen LogP contribution in [0.3, 0.4) is 0 Å². The van der Waals surface area contributed by atoms with Crippen LogP contribution in [0.2, 0.25) is 0 Å². The molecule has 0 aliphatic carbocycles. The molecule has 0 radical (unpaired) electrons. The summed E-state index contributed by atoms with van der Waals surface area (Å²) in [5.41, 5.74) is 1.83. The minimum absolute atomic E-state index is 0.118. The van der Waals surface area contributed by atoms with Gasteiger partial charge in [0.25, 0.3) is 0 Å². The largest absolute Gasteiger partial charge is 0.334 e. The number of hydrogen-bond acceptors (Lipinski definition) is 4. The number of nitrogens with one attached hydrogen (secondary N) is 2. The summed E-state index contributed by atoms with van der Waals surface area (Å²) in [6.07, 6.45) is 1.53. The maximum absolute atomic E-state index is 13.4. The Hall–Kier alpha value is -3.10. The lowest BCUT2D eigenvalue weighted by Gasteiger charge is -2.39. The molecule has 0 aromatic heterocycles. The van der Waals surface area contributed by atoms with Crippen molar-refractivity contribution in [2.24, 2.45) is 0 Å². The molecular formula is C23H26F2N4O2. The molecule has 164 valence electrons.